The van der Waals surface area contributed by atoms with Crippen LogP contribution >= 0.6 is 24.0 Å². The van der Waals surface area contributed by atoms with Crippen LogP contribution in [0.1, 0.15) is 58.6 Å². The molecule has 1 aromatic carbocycles. The topological polar surface area (TPSA) is 66.9 Å². The molecule has 0 aromatic heterocycles. The Bertz CT molecular complexity index is 604. The highest BCUT2D eigenvalue weighted by atomic mass is 127. The molecule has 1 aromatic rings. The van der Waals surface area contributed by atoms with Gasteiger partial charge in [-0.2, -0.15) is 0 Å². The van der Waals surface area contributed by atoms with Crippen molar-refractivity contribution in [1.29, 1.82) is 0 Å². The second-order valence-electron chi connectivity index (χ2n) is 8.05. The Labute approximate surface area is 200 Å². The first-order valence-corrected chi connectivity index (χ1v) is 11.0. The van der Waals surface area contributed by atoms with Crippen LogP contribution in [0.25, 0.3) is 0 Å². The third-order valence-electron chi connectivity index (χ3n) is 5.85. The molecule has 0 amide bonds. The quantitative estimate of drug-likeness (QED) is 0.230. The van der Waals surface area contributed by atoms with Crippen molar-refractivity contribution >= 4 is 29.9 Å². The Morgan fingerprint density at radius 3 is 2.50 bits per heavy atom. The Hall–Kier alpha value is -0.900. The zero-order chi connectivity index (χ0) is 21.1. The first-order chi connectivity index (χ1) is 14.0. The van der Waals surface area contributed by atoms with Crippen molar-refractivity contribution in [3.05, 3.63) is 35.9 Å². The molecule has 3 N–H and O–H groups in total. The molecule has 3 atom stereocenters. The molecule has 7 heteroatoms. The monoisotopic (exact) mass is 532 g/mol. The summed E-state index contributed by atoms with van der Waals surface area (Å²) in [5, 5.41) is 10.8. The van der Waals surface area contributed by atoms with Gasteiger partial charge in [-0.15, -0.1) is 24.0 Å². The molecule has 0 aliphatic carbocycles. The van der Waals surface area contributed by atoms with Crippen molar-refractivity contribution in [2.24, 2.45) is 4.99 Å². The fraction of sp³-hybridized carbons (Fsp3) is 0.696. The molecule has 0 radical (unpaired) electrons. The molecule has 1 heterocycles. The minimum absolute atomic E-state index is 0. The van der Waals surface area contributed by atoms with Crippen molar-refractivity contribution in [2.75, 3.05) is 33.4 Å². The molecule has 0 saturated carbocycles. The average molecular weight is 533 g/mol. The van der Waals surface area contributed by atoms with Crippen molar-refractivity contribution in [2.45, 2.75) is 70.7 Å². The van der Waals surface area contributed by atoms with E-state index >= 15 is 0 Å². The van der Waals surface area contributed by atoms with E-state index in [9.17, 15) is 0 Å². The van der Waals surface area contributed by atoms with Crippen LogP contribution in [0.15, 0.2) is 35.3 Å². The van der Waals surface area contributed by atoms with E-state index < -0.39 is 0 Å². The molecule has 0 spiro atoms. The third-order valence-corrected chi connectivity index (χ3v) is 5.85. The zero-order valence-electron chi connectivity index (χ0n) is 19.2. The molecule has 0 bridgehead atoms. The summed E-state index contributed by atoms with van der Waals surface area (Å²) in [5.41, 5.74) is 1.30. The van der Waals surface area contributed by atoms with Gasteiger partial charge in [0.25, 0.3) is 0 Å². The lowest BCUT2D eigenvalue weighted by Gasteiger charge is -2.37. The molecule has 2 rings (SSSR count). The van der Waals surface area contributed by atoms with E-state index in [1.54, 1.807) is 0 Å². The second kappa shape index (κ2) is 14.2. The van der Waals surface area contributed by atoms with Gasteiger partial charge in [0.15, 0.2) is 5.96 Å². The van der Waals surface area contributed by atoms with Crippen LogP contribution in [0.5, 0.6) is 0 Å². The van der Waals surface area contributed by atoms with E-state index in [1.807, 2.05) is 7.05 Å². The fourth-order valence-electron chi connectivity index (χ4n) is 3.69. The highest BCUT2D eigenvalue weighted by Crippen LogP contribution is 2.21. The van der Waals surface area contributed by atoms with Crippen LogP contribution in [-0.4, -0.2) is 57.1 Å². The summed E-state index contributed by atoms with van der Waals surface area (Å²) in [5.74, 6) is 0.809. The van der Waals surface area contributed by atoms with E-state index in [0.29, 0.717) is 13.2 Å². The van der Waals surface area contributed by atoms with Gasteiger partial charge in [0, 0.05) is 37.8 Å². The first kappa shape index (κ1) is 27.1. The lowest BCUT2D eigenvalue weighted by molar-refractivity contribution is 0.0347. The number of benzene rings is 1. The van der Waals surface area contributed by atoms with E-state index in [0.717, 1.165) is 38.4 Å². The number of ether oxygens (including phenoxy) is 2. The minimum Gasteiger partial charge on any atom is -0.379 e. The zero-order valence-corrected chi connectivity index (χ0v) is 21.6. The summed E-state index contributed by atoms with van der Waals surface area (Å²) in [6, 6.07) is 11.1. The summed E-state index contributed by atoms with van der Waals surface area (Å²) < 4.78 is 11.3. The van der Waals surface area contributed by atoms with E-state index in [4.69, 9.17) is 9.47 Å². The number of nitrogens with zero attached hydrogens (tertiary/aromatic N) is 1. The number of nitrogens with one attached hydrogen (secondary N) is 3. The van der Waals surface area contributed by atoms with Crippen LogP contribution in [0.4, 0.5) is 0 Å². The number of rotatable bonds is 11. The lowest BCUT2D eigenvalue weighted by atomic mass is 9.90. The molecule has 6 nitrogen and oxygen atoms in total. The molecular formula is C23H41IN4O2. The highest BCUT2D eigenvalue weighted by molar-refractivity contribution is 14.0. The Morgan fingerprint density at radius 1 is 1.23 bits per heavy atom. The Balaban J connectivity index is 0.00000450. The molecule has 172 valence electrons. The SMILES string of the molecule is CCC(CC)(CNC(=NC)NC(C)COC1CCOC1)NC(C)c1ccccc1.I. The Kier molecular flexibility index (Phi) is 12.9. The summed E-state index contributed by atoms with van der Waals surface area (Å²) in [7, 11) is 1.81. The molecule has 1 fully saturated rings. The van der Waals surface area contributed by atoms with E-state index in [-0.39, 0.29) is 47.7 Å². The third kappa shape index (κ3) is 8.69. The number of aliphatic imine (C=N–C) groups is 1. The Morgan fingerprint density at radius 2 is 1.93 bits per heavy atom. The lowest BCUT2D eigenvalue weighted by Crippen LogP contribution is -2.56. The largest absolute Gasteiger partial charge is 0.379 e. The summed E-state index contributed by atoms with van der Waals surface area (Å²) >= 11 is 0. The number of hydrogen-bond donors (Lipinski definition) is 3. The summed E-state index contributed by atoms with van der Waals surface area (Å²) in [4.78, 5) is 4.40. The number of hydrogen-bond acceptors (Lipinski definition) is 4. The van der Waals surface area contributed by atoms with E-state index in [2.05, 4.69) is 79.0 Å². The van der Waals surface area contributed by atoms with Crippen molar-refractivity contribution < 1.29 is 9.47 Å². The van der Waals surface area contributed by atoms with Crippen LogP contribution in [-0.2, 0) is 9.47 Å². The summed E-state index contributed by atoms with van der Waals surface area (Å²) in [6.45, 7) is 11.8. The number of halogens is 1. The predicted octanol–water partition coefficient (Wildman–Crippen LogP) is 3.87. The molecule has 1 aliphatic rings. The highest BCUT2D eigenvalue weighted by Gasteiger charge is 2.28. The van der Waals surface area contributed by atoms with Gasteiger partial charge in [-0.05, 0) is 38.7 Å². The summed E-state index contributed by atoms with van der Waals surface area (Å²) in [6.07, 6.45) is 3.28. The molecule has 3 unspecified atom stereocenters. The van der Waals surface area contributed by atoms with Gasteiger partial charge in [-0.1, -0.05) is 44.2 Å². The van der Waals surface area contributed by atoms with Crippen LogP contribution in [0.2, 0.25) is 0 Å². The van der Waals surface area contributed by atoms with Gasteiger partial charge < -0.3 is 25.4 Å². The minimum atomic E-state index is -0.00615. The molecule has 1 saturated heterocycles. The van der Waals surface area contributed by atoms with Crippen molar-refractivity contribution in [1.82, 2.24) is 16.0 Å². The fourth-order valence-corrected chi connectivity index (χ4v) is 3.69. The normalized spacial score (nSPS) is 19.1. The van der Waals surface area contributed by atoms with E-state index in [1.165, 1.54) is 5.56 Å². The van der Waals surface area contributed by atoms with Gasteiger partial charge in [0.05, 0.1) is 19.3 Å². The van der Waals surface area contributed by atoms with Crippen LogP contribution < -0.4 is 16.0 Å². The van der Waals surface area contributed by atoms with Gasteiger partial charge in [0.1, 0.15) is 0 Å². The maximum absolute atomic E-state index is 5.92. The van der Waals surface area contributed by atoms with Gasteiger partial charge in [-0.3, -0.25) is 4.99 Å². The standard InChI is InChI=1S/C23H40N4O2.HI/c1-6-23(7-2,27-19(4)20-11-9-8-10-12-20)17-25-22(24-5)26-18(3)15-29-21-13-14-28-16-21;/h8-12,18-19,21,27H,6-7,13-17H2,1-5H3,(H2,24,25,26);1H. The smallest absolute Gasteiger partial charge is 0.191 e. The van der Waals surface area contributed by atoms with Gasteiger partial charge in [-0.25, -0.2) is 0 Å². The molecular weight excluding hydrogens is 491 g/mol. The van der Waals surface area contributed by atoms with Crippen LogP contribution in [0, 0.1) is 0 Å². The van der Waals surface area contributed by atoms with Crippen molar-refractivity contribution in [3.63, 3.8) is 0 Å². The first-order valence-electron chi connectivity index (χ1n) is 11.0. The maximum Gasteiger partial charge on any atom is 0.191 e. The van der Waals surface area contributed by atoms with Gasteiger partial charge >= 0.3 is 0 Å². The van der Waals surface area contributed by atoms with Gasteiger partial charge in [0.2, 0.25) is 0 Å². The second-order valence-corrected chi connectivity index (χ2v) is 8.05. The molecule has 1 aliphatic heterocycles. The maximum atomic E-state index is 5.92. The average Bonchev–Trinajstić information content (AvgIpc) is 3.28. The molecule has 30 heavy (non-hydrogen) atoms. The van der Waals surface area contributed by atoms with Crippen molar-refractivity contribution in [3.8, 4) is 0 Å². The number of guanidine groups is 1. The predicted molar refractivity (Wildman–Crippen MR) is 136 cm³/mol. The van der Waals surface area contributed by atoms with Crippen LogP contribution in [0.3, 0.4) is 0 Å².